The van der Waals surface area contributed by atoms with Crippen LogP contribution in [0.2, 0.25) is 0 Å². The number of hydrogen-bond acceptors (Lipinski definition) is 6. The predicted octanol–water partition coefficient (Wildman–Crippen LogP) is -2.28. The fourth-order valence-corrected chi connectivity index (χ4v) is 4.35. The molecule has 1 heterocycles. The number of benzene rings is 1. The van der Waals surface area contributed by atoms with E-state index in [4.69, 9.17) is 28.1 Å². The highest BCUT2D eigenvalue weighted by atomic mass is 35.7. The molecule has 114 valence electrons. The van der Waals surface area contributed by atoms with Crippen molar-refractivity contribution >= 4 is 10.9 Å². The molecule has 20 heavy (non-hydrogen) atoms. The maximum atomic E-state index is 8.49. The van der Waals surface area contributed by atoms with Crippen LogP contribution in [0.4, 0.5) is 0 Å². The Hall–Kier alpha value is -0.700. The Balaban J connectivity index is 0.000000347. The smallest absolute Gasteiger partial charge is 0.200 e. The Morgan fingerprint density at radius 3 is 2.00 bits per heavy atom. The predicted molar refractivity (Wildman–Crippen MR) is 64.1 cm³/mol. The zero-order valence-corrected chi connectivity index (χ0v) is 12.9. The van der Waals surface area contributed by atoms with E-state index in [1.807, 2.05) is 12.1 Å². The second kappa shape index (κ2) is 7.92. The van der Waals surface area contributed by atoms with Gasteiger partial charge in [-0.25, -0.2) is 18.6 Å². The Morgan fingerprint density at radius 2 is 1.55 bits per heavy atom. The lowest BCUT2D eigenvalue weighted by atomic mass is 10.3. The average molecular weight is 325 g/mol. The van der Waals surface area contributed by atoms with Crippen molar-refractivity contribution in [3.8, 4) is 11.5 Å². The molecule has 0 radical (unpaired) electrons. The lowest BCUT2D eigenvalue weighted by molar-refractivity contribution is -2.00. The van der Waals surface area contributed by atoms with E-state index >= 15 is 0 Å². The van der Waals surface area contributed by atoms with Crippen molar-refractivity contribution < 1.29 is 38.4 Å². The highest BCUT2D eigenvalue weighted by Crippen LogP contribution is 2.33. The van der Waals surface area contributed by atoms with Gasteiger partial charge in [0.25, 0.3) is 0 Å². The van der Waals surface area contributed by atoms with Crippen molar-refractivity contribution in [2.24, 2.45) is 0 Å². The van der Waals surface area contributed by atoms with E-state index in [0.29, 0.717) is 10.9 Å². The summed E-state index contributed by atoms with van der Waals surface area (Å²) < 4.78 is 44.6. The monoisotopic (exact) mass is 324 g/mol. The van der Waals surface area contributed by atoms with Gasteiger partial charge in [-0.15, -0.1) is 10.2 Å². The number of methoxy groups -OCH3 is 2. The molecule has 0 amide bonds. The van der Waals surface area contributed by atoms with E-state index in [-0.39, 0.29) is 0 Å². The molecule has 8 heteroatoms. The zero-order valence-electron chi connectivity index (χ0n) is 11.3. The first kappa shape index (κ1) is 17.4. The highest BCUT2D eigenvalue weighted by Gasteiger charge is 2.30. The van der Waals surface area contributed by atoms with E-state index in [9.17, 15) is 0 Å². The minimum absolute atomic E-state index is 0.381. The SMILES string of the molecule is COc1ccc(OC)c([S+]2CCCC2)c1.[O-][Cl+3]([O-])([O-])[O-]. The molecule has 0 aliphatic carbocycles. The highest BCUT2D eigenvalue weighted by molar-refractivity contribution is 7.97. The van der Waals surface area contributed by atoms with Crippen LogP contribution in [0.25, 0.3) is 0 Å². The van der Waals surface area contributed by atoms with Crippen molar-refractivity contribution in [3.63, 3.8) is 0 Å². The van der Waals surface area contributed by atoms with E-state index < -0.39 is 10.2 Å². The largest absolute Gasteiger partial charge is 0.497 e. The maximum absolute atomic E-state index is 8.49. The molecule has 1 saturated heterocycles. The van der Waals surface area contributed by atoms with Crippen molar-refractivity contribution in [1.29, 1.82) is 0 Å². The van der Waals surface area contributed by atoms with Crippen LogP contribution >= 0.6 is 0 Å². The fraction of sp³-hybridized carbons (Fsp3) is 0.500. The third-order valence-corrected chi connectivity index (χ3v) is 5.22. The van der Waals surface area contributed by atoms with Crippen molar-refractivity contribution in [1.82, 2.24) is 0 Å². The van der Waals surface area contributed by atoms with Crippen LogP contribution in [0, 0.1) is 10.2 Å². The van der Waals surface area contributed by atoms with Gasteiger partial charge in [0.2, 0.25) is 0 Å². The molecule has 0 saturated carbocycles. The summed E-state index contributed by atoms with van der Waals surface area (Å²) in [6.07, 6.45) is 2.70. The first-order valence-electron chi connectivity index (χ1n) is 5.86. The zero-order chi connectivity index (χ0) is 15.2. The van der Waals surface area contributed by atoms with Gasteiger partial charge in [0, 0.05) is 17.0 Å². The summed E-state index contributed by atoms with van der Waals surface area (Å²) in [4.78, 5) is 1.34. The molecular weight excluding hydrogens is 308 g/mol. The van der Waals surface area contributed by atoms with Crippen LogP contribution in [-0.4, -0.2) is 25.7 Å². The van der Waals surface area contributed by atoms with Gasteiger partial charge in [0.15, 0.2) is 10.6 Å². The van der Waals surface area contributed by atoms with Gasteiger partial charge in [-0.1, -0.05) is 0 Å². The lowest BCUT2D eigenvalue weighted by Gasteiger charge is -2.17. The third-order valence-electron chi connectivity index (χ3n) is 2.71. The van der Waals surface area contributed by atoms with E-state index in [1.165, 1.54) is 29.2 Å². The van der Waals surface area contributed by atoms with Crippen LogP contribution in [0.15, 0.2) is 23.1 Å². The number of halogens is 1. The van der Waals surface area contributed by atoms with Crippen molar-refractivity contribution in [2.45, 2.75) is 17.7 Å². The summed E-state index contributed by atoms with van der Waals surface area (Å²) in [7, 11) is -1.11. The van der Waals surface area contributed by atoms with Crippen LogP contribution in [-0.2, 0) is 10.9 Å². The van der Waals surface area contributed by atoms with E-state index in [0.717, 1.165) is 11.5 Å². The molecule has 0 bridgehead atoms. The number of rotatable bonds is 3. The normalized spacial score (nSPS) is 15.5. The molecule has 1 aliphatic rings. The molecule has 0 aromatic heterocycles. The summed E-state index contributed by atoms with van der Waals surface area (Å²) >= 11 is 0. The third kappa shape index (κ3) is 6.17. The minimum atomic E-state index is -4.94. The Kier molecular flexibility index (Phi) is 6.87. The van der Waals surface area contributed by atoms with Gasteiger partial charge in [0.1, 0.15) is 17.3 Å². The Bertz CT molecular complexity index is 411. The van der Waals surface area contributed by atoms with Crippen LogP contribution in [0.1, 0.15) is 12.8 Å². The average Bonchev–Trinajstić information content (AvgIpc) is 2.89. The molecule has 1 aliphatic heterocycles. The minimum Gasteiger partial charge on any atom is -0.497 e. The standard InChI is InChI=1S/C12H17O2S.ClHO4/c1-13-10-5-6-11(14-2)12(9-10)15-7-3-4-8-15;2-1(3,4)5/h5-6,9H,3-4,7-8H2,1-2H3;(H,2,3,4,5)/q+1;/p-1. The molecule has 1 aromatic rings. The molecule has 2 rings (SSSR count). The quantitative estimate of drug-likeness (QED) is 0.579. The first-order valence-corrected chi connectivity index (χ1v) is 8.66. The summed E-state index contributed by atoms with van der Waals surface area (Å²) in [5, 5.41) is 0. The Labute approximate surface area is 123 Å². The lowest BCUT2D eigenvalue weighted by Crippen LogP contribution is -2.68. The van der Waals surface area contributed by atoms with Gasteiger partial charge >= 0.3 is 0 Å². The molecule has 0 unspecified atom stereocenters. The molecular formula is C12H17ClO6S. The summed E-state index contributed by atoms with van der Waals surface area (Å²) in [6.45, 7) is 0. The van der Waals surface area contributed by atoms with Crippen molar-refractivity contribution in [2.75, 3.05) is 25.7 Å². The fourth-order valence-electron chi connectivity index (χ4n) is 1.88. The van der Waals surface area contributed by atoms with Gasteiger partial charge in [-0.2, -0.15) is 0 Å². The molecule has 1 aromatic carbocycles. The van der Waals surface area contributed by atoms with Crippen LogP contribution in [0.5, 0.6) is 11.5 Å². The number of hydrogen-bond donors (Lipinski definition) is 0. The van der Waals surface area contributed by atoms with E-state index in [2.05, 4.69) is 6.07 Å². The van der Waals surface area contributed by atoms with Gasteiger partial charge in [-0.3, -0.25) is 0 Å². The van der Waals surface area contributed by atoms with Gasteiger partial charge in [0.05, 0.1) is 14.2 Å². The van der Waals surface area contributed by atoms with Crippen LogP contribution < -0.4 is 28.1 Å². The summed E-state index contributed by atoms with van der Waals surface area (Å²) in [6, 6.07) is 6.11. The maximum Gasteiger partial charge on any atom is 0.200 e. The van der Waals surface area contributed by atoms with Gasteiger partial charge in [-0.05, 0) is 25.0 Å². The Morgan fingerprint density at radius 1 is 1.00 bits per heavy atom. The van der Waals surface area contributed by atoms with Crippen LogP contribution in [0.3, 0.4) is 0 Å². The molecule has 1 fully saturated rings. The summed E-state index contributed by atoms with van der Waals surface area (Å²) in [5.74, 6) is 4.57. The second-order valence-electron chi connectivity index (χ2n) is 4.00. The van der Waals surface area contributed by atoms with Gasteiger partial charge < -0.3 is 9.47 Å². The summed E-state index contributed by atoms with van der Waals surface area (Å²) in [5.41, 5.74) is 0. The first-order chi connectivity index (χ1) is 9.35. The second-order valence-corrected chi connectivity index (χ2v) is 7.00. The molecule has 0 atom stereocenters. The topological polar surface area (TPSA) is 111 Å². The molecule has 0 N–H and O–H groups in total. The van der Waals surface area contributed by atoms with Crippen molar-refractivity contribution in [3.05, 3.63) is 18.2 Å². The van der Waals surface area contributed by atoms with E-state index in [1.54, 1.807) is 14.2 Å². The molecule has 6 nitrogen and oxygen atoms in total. The number of ether oxygens (including phenoxy) is 2. The molecule has 0 spiro atoms.